The molecule has 1 aromatic heterocycles. The van der Waals surface area contributed by atoms with Crippen molar-refractivity contribution in [2.45, 2.75) is 39.3 Å². The van der Waals surface area contributed by atoms with E-state index in [2.05, 4.69) is 29.3 Å². The lowest BCUT2D eigenvalue weighted by molar-refractivity contribution is 0.101. The average Bonchev–Trinajstić information content (AvgIpc) is 2.48. The van der Waals surface area contributed by atoms with E-state index in [0.717, 1.165) is 18.4 Å². The van der Waals surface area contributed by atoms with Crippen LogP contribution in [0.2, 0.25) is 0 Å². The van der Waals surface area contributed by atoms with Gasteiger partial charge < -0.3 is 21.4 Å². The first-order valence-corrected chi connectivity index (χ1v) is 6.93. The van der Waals surface area contributed by atoms with Crippen LogP contribution in [-0.4, -0.2) is 33.8 Å². The van der Waals surface area contributed by atoms with Gasteiger partial charge in [0.1, 0.15) is 5.69 Å². The summed E-state index contributed by atoms with van der Waals surface area (Å²) in [5.74, 6) is 0.316. The molecule has 0 aliphatic carbocycles. The van der Waals surface area contributed by atoms with Gasteiger partial charge in [0.2, 0.25) is 0 Å². The fourth-order valence-corrected chi connectivity index (χ4v) is 2.14. The maximum absolute atomic E-state index is 10.0. The summed E-state index contributed by atoms with van der Waals surface area (Å²) in [5, 5.41) is 24.8. The number of aliphatic hydroxyl groups is 1. The first-order chi connectivity index (χ1) is 9.62. The molecule has 1 atom stereocenters. The first-order valence-electron chi connectivity index (χ1n) is 6.93. The lowest BCUT2D eigenvalue weighted by atomic mass is 9.96. The molecule has 20 heavy (non-hydrogen) atoms. The highest BCUT2D eigenvalue weighted by molar-refractivity contribution is 5.95. The van der Waals surface area contributed by atoms with Crippen LogP contribution in [0.1, 0.15) is 37.9 Å². The van der Waals surface area contributed by atoms with Crippen LogP contribution in [-0.2, 0) is 6.54 Å². The van der Waals surface area contributed by atoms with Gasteiger partial charge in [-0.1, -0.05) is 31.8 Å². The van der Waals surface area contributed by atoms with Crippen molar-refractivity contribution in [2.24, 2.45) is 16.8 Å². The third-order valence-electron chi connectivity index (χ3n) is 3.47. The fraction of sp³-hybridized carbons (Fsp3) is 0.571. The number of hydrogen-bond donors (Lipinski definition) is 4. The summed E-state index contributed by atoms with van der Waals surface area (Å²) in [6.07, 6.45) is 3.22. The largest absolute Gasteiger partial charge is 0.409 e. The predicted molar refractivity (Wildman–Crippen MR) is 78.5 cm³/mol. The molecule has 0 spiro atoms. The number of aromatic nitrogens is 1. The van der Waals surface area contributed by atoms with Crippen LogP contribution >= 0.6 is 0 Å². The molecule has 5 N–H and O–H groups in total. The van der Waals surface area contributed by atoms with Gasteiger partial charge >= 0.3 is 0 Å². The number of rotatable bonds is 8. The summed E-state index contributed by atoms with van der Waals surface area (Å²) in [4.78, 5) is 4.02. The van der Waals surface area contributed by atoms with Crippen LogP contribution in [0.3, 0.4) is 0 Å². The SMILES string of the molecule is CCC(CC)C(O)CNCc1ccnc(/C(N)=N/O)c1. The molecule has 0 saturated heterocycles. The predicted octanol–water partition coefficient (Wildman–Crippen LogP) is 1.06. The zero-order valence-corrected chi connectivity index (χ0v) is 12.1. The Labute approximate surface area is 119 Å². The van der Waals surface area contributed by atoms with Gasteiger partial charge in [0.25, 0.3) is 0 Å². The smallest absolute Gasteiger partial charge is 0.188 e. The Morgan fingerprint density at radius 3 is 2.75 bits per heavy atom. The molecule has 6 nitrogen and oxygen atoms in total. The quantitative estimate of drug-likeness (QED) is 0.247. The minimum absolute atomic E-state index is 0.0103. The summed E-state index contributed by atoms with van der Waals surface area (Å²) >= 11 is 0. The number of aliphatic hydroxyl groups excluding tert-OH is 1. The molecule has 1 unspecified atom stereocenters. The van der Waals surface area contributed by atoms with E-state index in [-0.39, 0.29) is 11.9 Å². The number of amidine groups is 1. The van der Waals surface area contributed by atoms with Crippen molar-refractivity contribution in [3.63, 3.8) is 0 Å². The lowest BCUT2D eigenvalue weighted by Gasteiger charge is -2.20. The van der Waals surface area contributed by atoms with E-state index in [0.29, 0.717) is 24.7 Å². The Hall–Kier alpha value is -1.66. The van der Waals surface area contributed by atoms with Crippen molar-refractivity contribution in [1.82, 2.24) is 10.3 Å². The van der Waals surface area contributed by atoms with Gasteiger partial charge in [-0.2, -0.15) is 0 Å². The number of nitrogens with two attached hydrogens (primary N) is 1. The second-order valence-electron chi connectivity index (χ2n) is 4.81. The molecule has 6 heteroatoms. The van der Waals surface area contributed by atoms with E-state index in [9.17, 15) is 5.11 Å². The van der Waals surface area contributed by atoms with E-state index >= 15 is 0 Å². The van der Waals surface area contributed by atoms with Crippen molar-refractivity contribution < 1.29 is 10.3 Å². The molecule has 0 aliphatic heterocycles. The van der Waals surface area contributed by atoms with Crippen LogP contribution in [0, 0.1) is 5.92 Å². The highest BCUT2D eigenvalue weighted by Gasteiger charge is 2.14. The Morgan fingerprint density at radius 2 is 2.15 bits per heavy atom. The van der Waals surface area contributed by atoms with Crippen molar-refractivity contribution in [1.29, 1.82) is 0 Å². The summed E-state index contributed by atoms with van der Waals surface area (Å²) < 4.78 is 0. The van der Waals surface area contributed by atoms with Crippen LogP contribution in [0.25, 0.3) is 0 Å². The fourth-order valence-electron chi connectivity index (χ4n) is 2.14. The molecule has 0 fully saturated rings. The van der Waals surface area contributed by atoms with E-state index in [1.165, 1.54) is 0 Å². The van der Waals surface area contributed by atoms with Gasteiger partial charge in [-0.25, -0.2) is 0 Å². The molecular weight excluding hydrogens is 256 g/mol. The normalized spacial score (nSPS) is 13.7. The second kappa shape index (κ2) is 8.50. The van der Waals surface area contributed by atoms with E-state index in [1.54, 1.807) is 12.3 Å². The molecular formula is C14H24N4O2. The number of nitrogens with zero attached hydrogens (tertiary/aromatic N) is 2. The van der Waals surface area contributed by atoms with Crippen LogP contribution in [0.15, 0.2) is 23.5 Å². The van der Waals surface area contributed by atoms with Crippen molar-refractivity contribution in [3.05, 3.63) is 29.6 Å². The maximum Gasteiger partial charge on any atom is 0.188 e. The van der Waals surface area contributed by atoms with E-state index in [1.807, 2.05) is 6.07 Å². The number of hydrogen-bond acceptors (Lipinski definition) is 5. The highest BCUT2D eigenvalue weighted by atomic mass is 16.4. The molecule has 1 rings (SSSR count). The summed E-state index contributed by atoms with van der Waals surface area (Å²) in [6, 6.07) is 3.61. The van der Waals surface area contributed by atoms with Gasteiger partial charge in [-0.05, 0) is 23.6 Å². The lowest BCUT2D eigenvalue weighted by Crippen LogP contribution is -2.32. The van der Waals surface area contributed by atoms with Gasteiger partial charge in [-0.3, -0.25) is 4.98 Å². The van der Waals surface area contributed by atoms with Crippen molar-refractivity contribution in [2.75, 3.05) is 6.54 Å². The standard InChI is InChI=1S/C14H24N4O2/c1-3-11(4-2)13(19)9-16-8-10-5-6-17-12(7-10)14(15)18-20/h5-7,11,13,16,19-20H,3-4,8-9H2,1-2H3,(H2,15,18). The average molecular weight is 280 g/mol. The Kier molecular flexibility index (Phi) is 6.97. The molecule has 1 heterocycles. The zero-order chi connectivity index (χ0) is 15.0. The molecule has 0 aliphatic rings. The van der Waals surface area contributed by atoms with Gasteiger partial charge in [0, 0.05) is 19.3 Å². The second-order valence-corrected chi connectivity index (χ2v) is 4.81. The Bertz CT molecular complexity index is 433. The number of oxime groups is 1. The van der Waals surface area contributed by atoms with Crippen LogP contribution in [0.4, 0.5) is 0 Å². The van der Waals surface area contributed by atoms with Crippen molar-refractivity contribution >= 4 is 5.84 Å². The Morgan fingerprint density at radius 1 is 1.45 bits per heavy atom. The maximum atomic E-state index is 10.0. The summed E-state index contributed by atoms with van der Waals surface area (Å²) in [7, 11) is 0. The molecule has 0 radical (unpaired) electrons. The first kappa shape index (κ1) is 16.4. The zero-order valence-electron chi connectivity index (χ0n) is 12.1. The van der Waals surface area contributed by atoms with Gasteiger partial charge in [0.15, 0.2) is 5.84 Å². The van der Waals surface area contributed by atoms with E-state index < -0.39 is 0 Å². The monoisotopic (exact) mass is 280 g/mol. The van der Waals surface area contributed by atoms with Crippen LogP contribution in [0.5, 0.6) is 0 Å². The van der Waals surface area contributed by atoms with Crippen molar-refractivity contribution in [3.8, 4) is 0 Å². The topological polar surface area (TPSA) is 104 Å². The Balaban J connectivity index is 2.50. The molecule has 0 amide bonds. The third kappa shape index (κ3) is 4.79. The van der Waals surface area contributed by atoms with Gasteiger partial charge in [-0.15, -0.1) is 0 Å². The minimum atomic E-state index is -0.338. The molecule has 0 bridgehead atoms. The summed E-state index contributed by atoms with van der Waals surface area (Å²) in [6.45, 7) is 5.33. The molecule has 0 aromatic carbocycles. The molecule has 112 valence electrons. The minimum Gasteiger partial charge on any atom is -0.409 e. The molecule has 0 saturated carbocycles. The summed E-state index contributed by atoms with van der Waals surface area (Å²) in [5.41, 5.74) is 6.90. The number of pyridine rings is 1. The van der Waals surface area contributed by atoms with Gasteiger partial charge in [0.05, 0.1) is 6.10 Å². The van der Waals surface area contributed by atoms with E-state index in [4.69, 9.17) is 10.9 Å². The van der Waals surface area contributed by atoms with Crippen LogP contribution < -0.4 is 11.1 Å². The highest BCUT2D eigenvalue weighted by Crippen LogP contribution is 2.12. The molecule has 1 aromatic rings. The third-order valence-corrected chi connectivity index (χ3v) is 3.47. The number of nitrogens with one attached hydrogen (secondary N) is 1.